The Balaban J connectivity index is 1.65. The molecule has 0 aromatic heterocycles. The average Bonchev–Trinajstić information content (AvgIpc) is 2.80. The minimum Gasteiger partial charge on any atom is -0.454 e. The second-order valence-corrected chi connectivity index (χ2v) is 4.87. The molecular formula is C14H22N2O2. The zero-order valence-electron chi connectivity index (χ0n) is 11.2. The fourth-order valence-electron chi connectivity index (χ4n) is 1.96. The van der Waals surface area contributed by atoms with E-state index in [2.05, 4.69) is 36.4 Å². The fraction of sp³-hybridized carbons (Fsp3) is 0.571. The number of nitrogens with one attached hydrogen (secondary N) is 1. The average molecular weight is 250 g/mol. The van der Waals surface area contributed by atoms with Crippen LogP contribution < -0.4 is 14.8 Å². The van der Waals surface area contributed by atoms with Crippen molar-refractivity contribution in [2.24, 2.45) is 0 Å². The summed E-state index contributed by atoms with van der Waals surface area (Å²) >= 11 is 0. The van der Waals surface area contributed by atoms with E-state index in [0.29, 0.717) is 6.79 Å². The first-order valence-corrected chi connectivity index (χ1v) is 6.49. The van der Waals surface area contributed by atoms with Crippen LogP contribution in [-0.2, 0) is 6.54 Å². The number of benzene rings is 1. The highest BCUT2D eigenvalue weighted by molar-refractivity contribution is 5.44. The van der Waals surface area contributed by atoms with Gasteiger partial charge < -0.3 is 19.7 Å². The Morgan fingerprint density at radius 3 is 2.83 bits per heavy atom. The molecule has 1 aliphatic heterocycles. The summed E-state index contributed by atoms with van der Waals surface area (Å²) in [6.07, 6.45) is 2.45. The Morgan fingerprint density at radius 2 is 2.00 bits per heavy atom. The van der Waals surface area contributed by atoms with E-state index in [1.54, 1.807) is 0 Å². The standard InChI is InChI=1S/C14H22N2O2/c1-16(2)8-4-3-7-15-10-12-5-6-13-14(9-12)18-11-17-13/h5-6,9,15H,3-4,7-8,10-11H2,1-2H3. The van der Waals surface area contributed by atoms with Crippen LogP contribution in [0.4, 0.5) is 0 Å². The summed E-state index contributed by atoms with van der Waals surface area (Å²) in [6.45, 7) is 3.45. The van der Waals surface area contributed by atoms with Crippen molar-refractivity contribution >= 4 is 0 Å². The van der Waals surface area contributed by atoms with Crippen molar-refractivity contribution in [2.45, 2.75) is 19.4 Å². The molecule has 0 unspecified atom stereocenters. The lowest BCUT2D eigenvalue weighted by atomic mass is 10.2. The molecule has 100 valence electrons. The van der Waals surface area contributed by atoms with Gasteiger partial charge in [-0.25, -0.2) is 0 Å². The van der Waals surface area contributed by atoms with Gasteiger partial charge in [-0.3, -0.25) is 0 Å². The highest BCUT2D eigenvalue weighted by Gasteiger charge is 2.12. The van der Waals surface area contributed by atoms with Crippen molar-refractivity contribution in [2.75, 3.05) is 34.0 Å². The molecule has 0 atom stereocenters. The third kappa shape index (κ3) is 3.89. The van der Waals surface area contributed by atoms with Crippen LogP contribution in [0.15, 0.2) is 18.2 Å². The van der Waals surface area contributed by atoms with Crippen LogP contribution in [0.25, 0.3) is 0 Å². The second-order valence-electron chi connectivity index (χ2n) is 4.87. The quantitative estimate of drug-likeness (QED) is 0.749. The van der Waals surface area contributed by atoms with Crippen LogP contribution in [0.3, 0.4) is 0 Å². The highest BCUT2D eigenvalue weighted by Crippen LogP contribution is 2.32. The van der Waals surface area contributed by atoms with Gasteiger partial charge in [-0.15, -0.1) is 0 Å². The lowest BCUT2D eigenvalue weighted by molar-refractivity contribution is 0.174. The number of ether oxygens (including phenoxy) is 2. The maximum atomic E-state index is 5.35. The first-order chi connectivity index (χ1) is 8.75. The molecule has 0 radical (unpaired) electrons. The lowest BCUT2D eigenvalue weighted by Crippen LogP contribution is -2.18. The molecule has 0 aliphatic carbocycles. The molecule has 0 saturated carbocycles. The summed E-state index contributed by atoms with van der Waals surface area (Å²) in [5, 5.41) is 3.45. The smallest absolute Gasteiger partial charge is 0.231 e. The molecule has 0 saturated heterocycles. The fourth-order valence-corrected chi connectivity index (χ4v) is 1.96. The Kier molecular flexibility index (Phi) is 4.84. The molecule has 4 nitrogen and oxygen atoms in total. The molecule has 0 fully saturated rings. The molecule has 2 rings (SSSR count). The zero-order valence-corrected chi connectivity index (χ0v) is 11.2. The molecule has 0 bridgehead atoms. The predicted octanol–water partition coefficient (Wildman–Crippen LogP) is 1.85. The Hall–Kier alpha value is -1.26. The molecule has 1 heterocycles. The molecule has 4 heteroatoms. The van der Waals surface area contributed by atoms with E-state index < -0.39 is 0 Å². The predicted molar refractivity (Wildman–Crippen MR) is 72.1 cm³/mol. The van der Waals surface area contributed by atoms with Gasteiger partial charge in [-0.1, -0.05) is 6.07 Å². The first kappa shape index (κ1) is 13.2. The van der Waals surface area contributed by atoms with Gasteiger partial charge in [0.25, 0.3) is 0 Å². The summed E-state index contributed by atoms with van der Waals surface area (Å²) in [7, 11) is 4.22. The number of hydrogen-bond donors (Lipinski definition) is 1. The van der Waals surface area contributed by atoms with E-state index in [1.807, 2.05) is 6.07 Å². The molecule has 0 amide bonds. The Bertz CT molecular complexity index is 380. The van der Waals surface area contributed by atoms with Crippen LogP contribution in [0.5, 0.6) is 11.5 Å². The van der Waals surface area contributed by atoms with Crippen LogP contribution in [0.2, 0.25) is 0 Å². The van der Waals surface area contributed by atoms with Gasteiger partial charge in [0.2, 0.25) is 6.79 Å². The molecule has 1 aliphatic rings. The number of hydrogen-bond acceptors (Lipinski definition) is 4. The monoisotopic (exact) mass is 250 g/mol. The first-order valence-electron chi connectivity index (χ1n) is 6.49. The topological polar surface area (TPSA) is 33.7 Å². The van der Waals surface area contributed by atoms with E-state index in [4.69, 9.17) is 9.47 Å². The number of unbranched alkanes of at least 4 members (excludes halogenated alkanes) is 1. The minimum absolute atomic E-state index is 0.344. The van der Waals surface area contributed by atoms with E-state index in [9.17, 15) is 0 Å². The third-order valence-corrected chi connectivity index (χ3v) is 2.97. The summed E-state index contributed by atoms with van der Waals surface area (Å²) in [5.41, 5.74) is 1.24. The summed E-state index contributed by atoms with van der Waals surface area (Å²) in [6, 6.07) is 6.11. The minimum atomic E-state index is 0.344. The maximum absolute atomic E-state index is 5.35. The second kappa shape index (κ2) is 6.61. The Labute approximate surface area is 109 Å². The Morgan fingerprint density at radius 1 is 1.17 bits per heavy atom. The summed E-state index contributed by atoms with van der Waals surface area (Å²) < 4.78 is 10.6. The van der Waals surface area contributed by atoms with Gasteiger partial charge in [0.05, 0.1) is 0 Å². The summed E-state index contributed by atoms with van der Waals surface area (Å²) in [5.74, 6) is 1.71. The lowest BCUT2D eigenvalue weighted by Gasteiger charge is -2.09. The van der Waals surface area contributed by atoms with Gasteiger partial charge in [0.1, 0.15) is 0 Å². The van der Waals surface area contributed by atoms with Crippen LogP contribution in [-0.4, -0.2) is 38.9 Å². The van der Waals surface area contributed by atoms with Gasteiger partial charge in [-0.05, 0) is 57.7 Å². The van der Waals surface area contributed by atoms with Crippen LogP contribution >= 0.6 is 0 Å². The number of rotatable bonds is 7. The van der Waals surface area contributed by atoms with Gasteiger partial charge in [0.15, 0.2) is 11.5 Å². The highest BCUT2D eigenvalue weighted by atomic mass is 16.7. The van der Waals surface area contributed by atoms with E-state index >= 15 is 0 Å². The summed E-state index contributed by atoms with van der Waals surface area (Å²) in [4.78, 5) is 2.22. The van der Waals surface area contributed by atoms with E-state index in [-0.39, 0.29) is 0 Å². The van der Waals surface area contributed by atoms with Gasteiger partial charge in [-0.2, -0.15) is 0 Å². The van der Waals surface area contributed by atoms with Gasteiger partial charge in [0, 0.05) is 6.54 Å². The third-order valence-electron chi connectivity index (χ3n) is 2.97. The molecule has 18 heavy (non-hydrogen) atoms. The van der Waals surface area contributed by atoms with Crippen molar-refractivity contribution in [3.8, 4) is 11.5 Å². The van der Waals surface area contributed by atoms with Crippen molar-refractivity contribution in [1.29, 1.82) is 0 Å². The van der Waals surface area contributed by atoms with Crippen LogP contribution in [0, 0.1) is 0 Å². The molecular weight excluding hydrogens is 228 g/mol. The SMILES string of the molecule is CN(C)CCCCNCc1ccc2c(c1)OCO2. The molecule has 1 aromatic carbocycles. The van der Waals surface area contributed by atoms with Crippen LogP contribution in [0.1, 0.15) is 18.4 Å². The normalized spacial score (nSPS) is 13.3. The molecule has 1 aromatic rings. The van der Waals surface area contributed by atoms with E-state index in [1.165, 1.54) is 18.4 Å². The van der Waals surface area contributed by atoms with Gasteiger partial charge >= 0.3 is 0 Å². The molecule has 1 N–H and O–H groups in total. The van der Waals surface area contributed by atoms with Crippen molar-refractivity contribution < 1.29 is 9.47 Å². The van der Waals surface area contributed by atoms with Crippen molar-refractivity contribution in [3.63, 3.8) is 0 Å². The van der Waals surface area contributed by atoms with Crippen molar-refractivity contribution in [3.05, 3.63) is 23.8 Å². The zero-order chi connectivity index (χ0) is 12.8. The largest absolute Gasteiger partial charge is 0.454 e. The van der Waals surface area contributed by atoms with E-state index in [0.717, 1.165) is 31.1 Å². The van der Waals surface area contributed by atoms with Crippen molar-refractivity contribution in [1.82, 2.24) is 10.2 Å². The number of nitrogens with zero attached hydrogens (tertiary/aromatic N) is 1. The number of fused-ring (bicyclic) bond motifs is 1. The maximum Gasteiger partial charge on any atom is 0.231 e. The molecule has 0 spiro atoms.